The molecule has 16 heavy (non-hydrogen) atoms. The SMILES string of the molecule is CC1(C)C(NC(=O)CCl)CCN(O)C1(C)C. The van der Waals surface area contributed by atoms with Crippen LogP contribution >= 0.6 is 11.6 Å². The molecular formula is C11H21ClN2O2. The maximum atomic E-state index is 11.3. The fourth-order valence-electron chi connectivity index (χ4n) is 2.14. The van der Waals surface area contributed by atoms with Gasteiger partial charge in [-0.3, -0.25) is 4.79 Å². The number of halogens is 1. The van der Waals surface area contributed by atoms with Crippen molar-refractivity contribution in [1.29, 1.82) is 0 Å². The molecule has 0 aromatic carbocycles. The first-order chi connectivity index (χ1) is 7.23. The van der Waals surface area contributed by atoms with Crippen molar-refractivity contribution in [3.8, 4) is 0 Å². The highest BCUT2D eigenvalue weighted by Crippen LogP contribution is 2.42. The highest BCUT2D eigenvalue weighted by molar-refractivity contribution is 6.27. The molecule has 1 heterocycles. The summed E-state index contributed by atoms with van der Waals surface area (Å²) in [6, 6.07) is 0.0390. The number of carbonyl (C=O) groups excluding carboxylic acids is 1. The van der Waals surface area contributed by atoms with Crippen LogP contribution in [0.1, 0.15) is 34.1 Å². The maximum Gasteiger partial charge on any atom is 0.235 e. The second-order valence-electron chi connectivity index (χ2n) is 5.45. The van der Waals surface area contributed by atoms with E-state index in [1.54, 1.807) is 0 Å². The summed E-state index contributed by atoms with van der Waals surface area (Å²) < 4.78 is 0. The van der Waals surface area contributed by atoms with Gasteiger partial charge in [-0.1, -0.05) is 13.8 Å². The molecule has 1 aliphatic rings. The summed E-state index contributed by atoms with van der Waals surface area (Å²) in [6.07, 6.45) is 0.732. The second-order valence-corrected chi connectivity index (χ2v) is 5.71. The fraction of sp³-hybridized carbons (Fsp3) is 0.909. The van der Waals surface area contributed by atoms with E-state index < -0.39 is 0 Å². The lowest BCUT2D eigenvalue weighted by molar-refractivity contribution is -0.225. The van der Waals surface area contributed by atoms with Gasteiger partial charge in [-0.2, -0.15) is 5.06 Å². The Bertz CT molecular complexity index is 279. The van der Waals surface area contributed by atoms with Gasteiger partial charge in [0.05, 0.1) is 0 Å². The van der Waals surface area contributed by atoms with E-state index in [2.05, 4.69) is 19.2 Å². The molecule has 1 aliphatic heterocycles. The molecule has 0 radical (unpaired) electrons. The molecule has 4 nitrogen and oxygen atoms in total. The molecule has 1 atom stereocenters. The molecule has 1 saturated heterocycles. The number of carbonyl (C=O) groups is 1. The third-order valence-electron chi connectivity index (χ3n) is 4.18. The average Bonchev–Trinajstić information content (AvgIpc) is 2.20. The van der Waals surface area contributed by atoms with E-state index >= 15 is 0 Å². The number of hydroxylamine groups is 2. The van der Waals surface area contributed by atoms with E-state index in [1.807, 2.05) is 13.8 Å². The van der Waals surface area contributed by atoms with Gasteiger partial charge in [0.15, 0.2) is 0 Å². The molecule has 0 spiro atoms. The first-order valence-electron chi connectivity index (χ1n) is 5.55. The van der Waals surface area contributed by atoms with Crippen LogP contribution in [0.3, 0.4) is 0 Å². The molecule has 1 unspecified atom stereocenters. The summed E-state index contributed by atoms with van der Waals surface area (Å²) >= 11 is 5.49. The van der Waals surface area contributed by atoms with Crippen LogP contribution in [0.5, 0.6) is 0 Å². The normalized spacial score (nSPS) is 28.8. The molecule has 94 valence electrons. The summed E-state index contributed by atoms with van der Waals surface area (Å²) in [4.78, 5) is 11.3. The Morgan fingerprint density at radius 2 is 2.06 bits per heavy atom. The minimum Gasteiger partial charge on any atom is -0.352 e. The molecule has 1 fully saturated rings. The Morgan fingerprint density at radius 1 is 1.50 bits per heavy atom. The van der Waals surface area contributed by atoms with Crippen LogP contribution in [0.15, 0.2) is 0 Å². The third kappa shape index (κ3) is 2.19. The lowest BCUT2D eigenvalue weighted by Crippen LogP contribution is -2.65. The number of alkyl halides is 1. The molecule has 0 aliphatic carbocycles. The number of piperidine rings is 1. The van der Waals surface area contributed by atoms with Crippen LogP contribution in [0, 0.1) is 5.41 Å². The van der Waals surface area contributed by atoms with Gasteiger partial charge in [-0.05, 0) is 20.3 Å². The standard InChI is InChI=1S/C11H21ClN2O2/c1-10(2)8(13-9(15)7-12)5-6-14(16)11(10,3)4/h8,16H,5-7H2,1-4H3,(H,13,15). The second kappa shape index (κ2) is 4.51. The van der Waals surface area contributed by atoms with Crippen LogP contribution in [0.25, 0.3) is 0 Å². The quantitative estimate of drug-likeness (QED) is 0.730. The van der Waals surface area contributed by atoms with Gasteiger partial charge in [0.1, 0.15) is 5.88 Å². The van der Waals surface area contributed by atoms with Gasteiger partial charge in [-0.15, -0.1) is 11.6 Å². The van der Waals surface area contributed by atoms with E-state index in [-0.39, 0.29) is 28.8 Å². The minimum absolute atomic E-state index is 0.0180. The number of nitrogens with zero attached hydrogens (tertiary/aromatic N) is 1. The number of rotatable bonds is 2. The zero-order chi connectivity index (χ0) is 12.6. The van der Waals surface area contributed by atoms with Crippen LogP contribution < -0.4 is 5.32 Å². The molecule has 0 aromatic rings. The minimum atomic E-state index is -0.379. The molecule has 2 N–H and O–H groups in total. The Balaban J connectivity index is 2.85. The van der Waals surface area contributed by atoms with Gasteiger partial charge in [0, 0.05) is 23.5 Å². The zero-order valence-electron chi connectivity index (χ0n) is 10.4. The highest BCUT2D eigenvalue weighted by Gasteiger charge is 2.50. The Morgan fingerprint density at radius 3 is 2.56 bits per heavy atom. The first kappa shape index (κ1) is 13.7. The summed E-state index contributed by atoms with van der Waals surface area (Å²) in [5.41, 5.74) is -0.600. The number of nitrogens with one attached hydrogen (secondary N) is 1. The van der Waals surface area contributed by atoms with Gasteiger partial charge in [-0.25, -0.2) is 0 Å². The van der Waals surface area contributed by atoms with Crippen molar-refractivity contribution in [2.75, 3.05) is 12.4 Å². The first-order valence-corrected chi connectivity index (χ1v) is 6.08. The summed E-state index contributed by atoms with van der Waals surface area (Å²) in [7, 11) is 0. The van der Waals surface area contributed by atoms with Crippen LogP contribution in [-0.4, -0.2) is 40.2 Å². The predicted octanol–water partition coefficient (Wildman–Crippen LogP) is 1.61. The molecular weight excluding hydrogens is 228 g/mol. The largest absolute Gasteiger partial charge is 0.352 e. The van der Waals surface area contributed by atoms with E-state index in [0.29, 0.717) is 6.54 Å². The monoisotopic (exact) mass is 248 g/mol. The van der Waals surface area contributed by atoms with Crippen molar-refractivity contribution < 1.29 is 10.0 Å². The van der Waals surface area contributed by atoms with E-state index in [4.69, 9.17) is 11.6 Å². The Hall–Kier alpha value is -0.320. The summed E-state index contributed by atoms with van der Waals surface area (Å²) in [5.74, 6) is -0.169. The molecule has 0 bridgehead atoms. The van der Waals surface area contributed by atoms with Crippen molar-refractivity contribution in [3.63, 3.8) is 0 Å². The van der Waals surface area contributed by atoms with E-state index in [0.717, 1.165) is 6.42 Å². The topological polar surface area (TPSA) is 52.6 Å². The van der Waals surface area contributed by atoms with Crippen molar-refractivity contribution in [2.24, 2.45) is 5.41 Å². The average molecular weight is 249 g/mol. The number of amides is 1. The van der Waals surface area contributed by atoms with Gasteiger partial charge in [0.2, 0.25) is 5.91 Å². The van der Waals surface area contributed by atoms with Gasteiger partial charge < -0.3 is 10.5 Å². The fourth-order valence-corrected chi connectivity index (χ4v) is 2.21. The lowest BCUT2D eigenvalue weighted by atomic mass is 9.65. The molecule has 1 rings (SSSR count). The Kier molecular flexibility index (Phi) is 3.87. The summed E-state index contributed by atoms with van der Waals surface area (Å²) in [5, 5.41) is 14.2. The van der Waals surface area contributed by atoms with Crippen molar-refractivity contribution in [2.45, 2.75) is 45.7 Å². The van der Waals surface area contributed by atoms with E-state index in [1.165, 1.54) is 5.06 Å². The molecule has 5 heteroatoms. The van der Waals surface area contributed by atoms with Crippen LogP contribution in [-0.2, 0) is 4.79 Å². The van der Waals surface area contributed by atoms with Crippen LogP contribution in [0.2, 0.25) is 0 Å². The zero-order valence-corrected chi connectivity index (χ0v) is 11.1. The van der Waals surface area contributed by atoms with E-state index in [9.17, 15) is 10.0 Å². The van der Waals surface area contributed by atoms with Crippen molar-refractivity contribution in [1.82, 2.24) is 10.4 Å². The Labute approximate surface area is 102 Å². The summed E-state index contributed by atoms with van der Waals surface area (Å²) in [6.45, 7) is 8.62. The molecule has 0 saturated carbocycles. The predicted molar refractivity (Wildman–Crippen MR) is 63.6 cm³/mol. The lowest BCUT2D eigenvalue weighted by Gasteiger charge is -2.54. The maximum absolute atomic E-state index is 11.3. The smallest absolute Gasteiger partial charge is 0.235 e. The van der Waals surface area contributed by atoms with Gasteiger partial charge in [0.25, 0.3) is 0 Å². The van der Waals surface area contributed by atoms with Crippen molar-refractivity contribution >= 4 is 17.5 Å². The number of hydrogen-bond acceptors (Lipinski definition) is 3. The molecule has 1 amide bonds. The third-order valence-corrected chi connectivity index (χ3v) is 4.42. The number of hydrogen-bond donors (Lipinski definition) is 2. The van der Waals surface area contributed by atoms with Crippen LogP contribution in [0.4, 0.5) is 0 Å². The highest BCUT2D eigenvalue weighted by atomic mass is 35.5. The molecule has 0 aromatic heterocycles. The van der Waals surface area contributed by atoms with Gasteiger partial charge >= 0.3 is 0 Å². The van der Waals surface area contributed by atoms with Crippen molar-refractivity contribution in [3.05, 3.63) is 0 Å².